The zero-order chi connectivity index (χ0) is 19.8. The van der Waals surface area contributed by atoms with Gasteiger partial charge in [0.15, 0.2) is 5.66 Å². The summed E-state index contributed by atoms with van der Waals surface area (Å²) in [5.41, 5.74) is 0.0833. The van der Waals surface area contributed by atoms with Crippen molar-refractivity contribution in [2.24, 2.45) is 4.99 Å². The number of hydrogen-bond donors (Lipinski definition) is 3. The number of alkyl halides is 3. The van der Waals surface area contributed by atoms with E-state index in [0.717, 1.165) is 17.3 Å². The zero-order valence-electron chi connectivity index (χ0n) is 15.1. The Kier molecular flexibility index (Phi) is 5.57. The number of benzene rings is 2. The van der Waals surface area contributed by atoms with Crippen molar-refractivity contribution < 1.29 is 18.0 Å². The summed E-state index contributed by atoms with van der Waals surface area (Å²) in [4.78, 5) is 15.8. The van der Waals surface area contributed by atoms with E-state index in [1.165, 1.54) is 18.5 Å². The molecule has 0 aliphatic carbocycles. The Bertz CT molecular complexity index is 976. The van der Waals surface area contributed by atoms with Crippen LogP contribution < -0.4 is 16.0 Å². The molecule has 2 aliphatic rings. The fourth-order valence-corrected chi connectivity index (χ4v) is 3.44. The lowest BCUT2D eigenvalue weighted by atomic mass is 9.92. The average Bonchev–Trinajstić information content (AvgIpc) is 2.68. The monoisotopic (exact) mass is 422 g/mol. The van der Waals surface area contributed by atoms with Gasteiger partial charge in [0, 0.05) is 29.6 Å². The van der Waals surface area contributed by atoms with E-state index in [1.54, 1.807) is 30.5 Å². The van der Waals surface area contributed by atoms with Gasteiger partial charge in [-0.2, -0.15) is 13.2 Å². The van der Waals surface area contributed by atoms with E-state index in [-0.39, 0.29) is 23.9 Å². The standard InChI is InChI=1S/C20H17F3N4O.ClH/c21-20(22,23)16-4-2-1-3-15(16)19(9-10-24-12-25-19)27-14-6-7-17-13(11-14)5-8-18(28)26-17;/h1-4,6-7,9-12,27H,5,8H2,(H,24,25)(H,26,28);1H. The molecule has 2 heterocycles. The van der Waals surface area contributed by atoms with Crippen molar-refractivity contribution in [1.29, 1.82) is 0 Å². The first-order valence-corrected chi connectivity index (χ1v) is 8.72. The molecule has 0 radical (unpaired) electrons. The van der Waals surface area contributed by atoms with Crippen LogP contribution in [0.5, 0.6) is 0 Å². The number of aryl methyl sites for hydroxylation is 1. The van der Waals surface area contributed by atoms with Crippen molar-refractivity contribution in [2.75, 3.05) is 10.6 Å². The van der Waals surface area contributed by atoms with Crippen LogP contribution in [0.25, 0.3) is 0 Å². The van der Waals surface area contributed by atoms with Crippen LogP contribution in [0.4, 0.5) is 24.5 Å². The normalized spacial score (nSPS) is 20.2. The van der Waals surface area contributed by atoms with Gasteiger partial charge in [0.05, 0.1) is 11.9 Å². The highest BCUT2D eigenvalue weighted by molar-refractivity contribution is 5.94. The minimum atomic E-state index is -4.51. The summed E-state index contributed by atoms with van der Waals surface area (Å²) in [6.45, 7) is 0. The van der Waals surface area contributed by atoms with Crippen LogP contribution >= 0.6 is 12.4 Å². The Morgan fingerprint density at radius 1 is 1.10 bits per heavy atom. The molecule has 0 saturated carbocycles. The Hall–Kier alpha value is -3.00. The van der Waals surface area contributed by atoms with E-state index in [9.17, 15) is 18.0 Å². The van der Waals surface area contributed by atoms with E-state index in [0.29, 0.717) is 18.5 Å². The number of halogens is 4. The lowest BCUT2D eigenvalue weighted by Gasteiger charge is -2.33. The van der Waals surface area contributed by atoms with E-state index >= 15 is 0 Å². The molecule has 0 saturated heterocycles. The van der Waals surface area contributed by atoms with Gasteiger partial charge in [-0.25, -0.2) is 4.99 Å². The van der Waals surface area contributed by atoms with Crippen LogP contribution in [0.3, 0.4) is 0 Å². The number of anilines is 2. The quantitative estimate of drug-likeness (QED) is 0.686. The van der Waals surface area contributed by atoms with Gasteiger partial charge in [-0.15, -0.1) is 12.4 Å². The Morgan fingerprint density at radius 2 is 1.90 bits per heavy atom. The number of nitrogens with zero attached hydrogens (tertiary/aromatic N) is 1. The fourth-order valence-electron chi connectivity index (χ4n) is 3.44. The molecule has 2 aromatic rings. The summed E-state index contributed by atoms with van der Waals surface area (Å²) in [5.74, 6) is -0.0466. The average molecular weight is 423 g/mol. The van der Waals surface area contributed by atoms with Crippen LogP contribution in [-0.2, 0) is 23.1 Å². The Labute approximate surface area is 171 Å². The summed E-state index contributed by atoms with van der Waals surface area (Å²) in [5, 5.41) is 8.71. The summed E-state index contributed by atoms with van der Waals surface area (Å²) >= 11 is 0. The summed E-state index contributed by atoms with van der Waals surface area (Å²) in [7, 11) is 0. The molecule has 152 valence electrons. The van der Waals surface area contributed by atoms with Gasteiger partial charge in [0.25, 0.3) is 0 Å². The third-order valence-corrected chi connectivity index (χ3v) is 4.74. The Balaban J connectivity index is 0.00000240. The van der Waals surface area contributed by atoms with Gasteiger partial charge >= 0.3 is 6.18 Å². The number of carbonyl (C=O) groups excluding carboxylic acids is 1. The first-order valence-electron chi connectivity index (χ1n) is 8.72. The smallest absolute Gasteiger partial charge is 0.354 e. The van der Waals surface area contributed by atoms with Crippen LogP contribution in [0.1, 0.15) is 23.1 Å². The highest BCUT2D eigenvalue weighted by Crippen LogP contribution is 2.40. The molecule has 0 bridgehead atoms. The van der Waals surface area contributed by atoms with Gasteiger partial charge in [-0.05, 0) is 42.3 Å². The van der Waals surface area contributed by atoms with Crippen molar-refractivity contribution in [3.8, 4) is 0 Å². The molecule has 29 heavy (non-hydrogen) atoms. The molecule has 9 heteroatoms. The lowest BCUT2D eigenvalue weighted by Crippen LogP contribution is -2.37. The molecular formula is C20H18ClF3N4O. The minimum absolute atomic E-state index is 0. The molecule has 1 amide bonds. The van der Waals surface area contributed by atoms with Gasteiger partial charge in [0.1, 0.15) is 0 Å². The van der Waals surface area contributed by atoms with Gasteiger partial charge in [-0.3, -0.25) is 4.79 Å². The fraction of sp³-hybridized carbons (Fsp3) is 0.200. The molecule has 0 spiro atoms. The van der Waals surface area contributed by atoms with Gasteiger partial charge in [-0.1, -0.05) is 18.2 Å². The third kappa shape index (κ3) is 4.07. The van der Waals surface area contributed by atoms with Crippen molar-refractivity contribution >= 4 is 36.0 Å². The summed E-state index contributed by atoms with van der Waals surface area (Å²) in [6, 6.07) is 10.7. The second-order valence-corrected chi connectivity index (χ2v) is 6.61. The second-order valence-electron chi connectivity index (χ2n) is 6.61. The first kappa shape index (κ1) is 20.7. The largest absolute Gasteiger partial charge is 0.416 e. The van der Waals surface area contributed by atoms with Gasteiger partial charge < -0.3 is 16.0 Å². The second kappa shape index (κ2) is 7.79. The number of amides is 1. The van der Waals surface area contributed by atoms with Crippen LogP contribution in [0.2, 0.25) is 0 Å². The number of fused-ring (bicyclic) bond motifs is 1. The lowest BCUT2D eigenvalue weighted by molar-refractivity contribution is -0.138. The molecule has 2 aliphatic heterocycles. The number of carbonyl (C=O) groups is 1. The van der Waals surface area contributed by atoms with E-state index < -0.39 is 17.4 Å². The van der Waals surface area contributed by atoms with Crippen molar-refractivity contribution in [1.82, 2.24) is 5.32 Å². The van der Waals surface area contributed by atoms with Crippen LogP contribution in [0.15, 0.2) is 59.7 Å². The van der Waals surface area contributed by atoms with Gasteiger partial charge in [0.2, 0.25) is 5.91 Å². The van der Waals surface area contributed by atoms with Crippen molar-refractivity contribution in [3.05, 3.63) is 71.4 Å². The number of hydrogen-bond acceptors (Lipinski definition) is 4. The number of nitrogens with one attached hydrogen (secondary N) is 3. The SMILES string of the molecule is Cl.O=C1CCc2cc(NC3(c4ccccc4C(F)(F)F)C=CNC=N3)ccc2N1. The van der Waals surface area contributed by atoms with E-state index in [4.69, 9.17) is 0 Å². The highest BCUT2D eigenvalue weighted by atomic mass is 35.5. The predicted molar refractivity (Wildman–Crippen MR) is 108 cm³/mol. The number of rotatable bonds is 3. The molecule has 3 N–H and O–H groups in total. The third-order valence-electron chi connectivity index (χ3n) is 4.74. The van der Waals surface area contributed by atoms with E-state index in [1.807, 2.05) is 6.07 Å². The molecule has 1 atom stereocenters. The predicted octanol–water partition coefficient (Wildman–Crippen LogP) is 4.42. The molecule has 0 aromatic heterocycles. The maximum Gasteiger partial charge on any atom is 0.416 e. The van der Waals surface area contributed by atoms with Crippen molar-refractivity contribution in [3.63, 3.8) is 0 Å². The molecule has 0 fully saturated rings. The summed E-state index contributed by atoms with van der Waals surface area (Å²) < 4.78 is 40.8. The first-order chi connectivity index (χ1) is 13.4. The molecule has 4 rings (SSSR count). The minimum Gasteiger partial charge on any atom is -0.354 e. The molecular weight excluding hydrogens is 405 g/mol. The zero-order valence-corrected chi connectivity index (χ0v) is 15.9. The van der Waals surface area contributed by atoms with E-state index in [2.05, 4.69) is 20.9 Å². The maximum absolute atomic E-state index is 13.6. The number of aliphatic imine (C=N–C) groups is 1. The van der Waals surface area contributed by atoms with Crippen LogP contribution in [0, 0.1) is 0 Å². The van der Waals surface area contributed by atoms with Crippen LogP contribution in [-0.4, -0.2) is 12.2 Å². The Morgan fingerprint density at radius 3 is 2.62 bits per heavy atom. The van der Waals surface area contributed by atoms with Crippen molar-refractivity contribution in [2.45, 2.75) is 24.7 Å². The molecule has 1 unspecified atom stereocenters. The maximum atomic E-state index is 13.6. The highest BCUT2D eigenvalue weighted by Gasteiger charge is 2.41. The molecule has 5 nitrogen and oxygen atoms in total. The summed E-state index contributed by atoms with van der Waals surface area (Å²) in [6.07, 6.45) is 0.896. The molecule has 2 aromatic carbocycles. The topological polar surface area (TPSA) is 65.5 Å².